The molecule has 0 aromatic heterocycles. The van der Waals surface area contributed by atoms with Gasteiger partial charge in [0.2, 0.25) is 0 Å². The molecule has 22 heavy (non-hydrogen) atoms. The zero-order chi connectivity index (χ0) is 13.5. The molecule has 0 fully saturated rings. The molecule has 0 aromatic carbocycles. The van der Waals surface area contributed by atoms with Gasteiger partial charge in [-0.25, -0.2) is 55.9 Å². The average Bonchev–Trinajstić information content (AvgIpc) is 1.41. The first-order valence-corrected chi connectivity index (χ1v) is 5.55. The van der Waals surface area contributed by atoms with Crippen LogP contribution in [0.25, 0.3) is 0 Å². The molecule has 144 valence electrons. The summed E-state index contributed by atoms with van der Waals surface area (Å²) in [5, 5.41) is 0. The largest absolute Gasteiger partial charge is 3.00 e. The Hall–Kier alpha value is 0.682. The van der Waals surface area contributed by atoms with E-state index in [1.807, 2.05) is 0 Å². The van der Waals surface area contributed by atoms with Gasteiger partial charge in [-0.3, -0.25) is 0 Å². The Morgan fingerprint density at radius 1 is 0.273 bits per heavy atom. The average molecular weight is 433 g/mol. The van der Waals surface area contributed by atoms with Crippen LogP contribution in [0, 0.1) is 30.7 Å². The first-order valence-electron chi connectivity index (χ1n) is 1.85. The third kappa shape index (κ3) is 17200. The van der Waals surface area contributed by atoms with Crippen LogP contribution in [-0.2, 0) is 0 Å². The summed E-state index contributed by atoms with van der Waals surface area (Å²) in [6.45, 7) is 0. The van der Waals surface area contributed by atoms with Gasteiger partial charge in [0.1, 0.15) is 0 Å². The SMILES string of the molecule is O.O.O.O.O.O.[Al+3].[O-][Cl+3]([O-])([O-])[O-].[O-][Cl+3]([O-])([O-])[O-].[O-][Cl+3]([O-])([O-])[O-]. The molecule has 0 aliphatic rings. The maximum Gasteiger partial charge on any atom is 3.00 e. The van der Waals surface area contributed by atoms with E-state index in [0.29, 0.717) is 0 Å². The van der Waals surface area contributed by atoms with E-state index in [2.05, 4.69) is 0 Å². The van der Waals surface area contributed by atoms with Crippen molar-refractivity contribution in [1.29, 1.82) is 0 Å². The van der Waals surface area contributed by atoms with Crippen molar-refractivity contribution in [2.45, 2.75) is 0 Å². The molecule has 0 saturated heterocycles. The minimum atomic E-state index is -4.94. The molecule has 0 heterocycles. The summed E-state index contributed by atoms with van der Waals surface area (Å²) < 4.78 is 102. The maximum atomic E-state index is 8.49. The van der Waals surface area contributed by atoms with E-state index in [1.54, 1.807) is 0 Å². The number of hydrogen-bond donors (Lipinski definition) is 0. The van der Waals surface area contributed by atoms with Crippen LogP contribution in [0.1, 0.15) is 0 Å². The summed E-state index contributed by atoms with van der Waals surface area (Å²) in [7, 11) is -14.8. The zero-order valence-corrected chi connectivity index (χ0v) is 13.0. The molecule has 0 aromatic rings. The Bertz CT molecular complexity index is 93.4. The van der Waals surface area contributed by atoms with Gasteiger partial charge in [-0.2, -0.15) is 0 Å². The van der Waals surface area contributed by atoms with E-state index in [9.17, 15) is 0 Å². The monoisotopic (exact) mass is 432 g/mol. The second-order valence-electron chi connectivity index (χ2n) is 1.13. The van der Waals surface area contributed by atoms with E-state index in [0.717, 1.165) is 0 Å². The van der Waals surface area contributed by atoms with Crippen LogP contribution in [0.3, 0.4) is 0 Å². The van der Waals surface area contributed by atoms with Crippen LogP contribution in [0.4, 0.5) is 0 Å². The minimum absolute atomic E-state index is 0. The molecule has 18 nitrogen and oxygen atoms in total. The fourth-order valence-electron chi connectivity index (χ4n) is 0. The topological polar surface area (TPSA) is 466 Å². The Labute approximate surface area is 137 Å². The predicted molar refractivity (Wildman–Crippen MR) is 27.4 cm³/mol. The van der Waals surface area contributed by atoms with Crippen LogP contribution in [0.2, 0.25) is 0 Å². The van der Waals surface area contributed by atoms with Gasteiger partial charge in [-0.15, -0.1) is 30.7 Å². The molecule has 0 amide bonds. The van der Waals surface area contributed by atoms with Gasteiger partial charge in [0, 0.05) is 0 Å². The standard InChI is InChI=1S/Al.3ClHO4.6H2O/c;3*2-1(3,4)5;;;;;;/h;3*(H,2,3,4,5);6*1H2/q+3;;;;;;;;;/p-3. The van der Waals surface area contributed by atoms with Gasteiger partial charge in [0.25, 0.3) is 0 Å². The number of hydrogen-bond acceptors (Lipinski definition) is 12. The van der Waals surface area contributed by atoms with E-state index < -0.39 is 30.7 Å². The molecular weight excluding hydrogens is 421 g/mol. The Morgan fingerprint density at radius 2 is 0.273 bits per heavy atom. The number of rotatable bonds is 0. The molecule has 0 radical (unpaired) electrons. The van der Waals surface area contributed by atoms with Crippen LogP contribution in [0.15, 0.2) is 0 Å². The third-order valence-electron chi connectivity index (χ3n) is 0. The normalized spacial score (nSPS) is 8.18. The molecule has 0 atom stereocenters. The minimum Gasteiger partial charge on any atom is -0.412 e. The summed E-state index contributed by atoms with van der Waals surface area (Å²) in [5.41, 5.74) is 0. The molecule has 0 rings (SSSR count). The summed E-state index contributed by atoms with van der Waals surface area (Å²) >= 11 is 0. The van der Waals surface area contributed by atoms with Crippen molar-refractivity contribution in [2.24, 2.45) is 0 Å². The summed E-state index contributed by atoms with van der Waals surface area (Å²) in [4.78, 5) is 0. The van der Waals surface area contributed by atoms with Gasteiger partial charge in [-0.05, 0) is 0 Å². The van der Waals surface area contributed by atoms with Crippen molar-refractivity contribution in [1.82, 2.24) is 0 Å². The van der Waals surface area contributed by atoms with Crippen molar-refractivity contribution in [3.8, 4) is 0 Å². The molecule has 0 unspecified atom stereocenters. The van der Waals surface area contributed by atoms with Gasteiger partial charge in [0.15, 0.2) is 0 Å². The summed E-state index contributed by atoms with van der Waals surface area (Å²) in [6, 6.07) is 0. The van der Waals surface area contributed by atoms with Gasteiger partial charge < -0.3 is 32.9 Å². The molecule has 22 heteroatoms. The summed E-state index contributed by atoms with van der Waals surface area (Å²) in [6.07, 6.45) is 0. The van der Waals surface area contributed by atoms with Crippen LogP contribution < -0.4 is 55.9 Å². The Kier molecular flexibility index (Phi) is 80.1. The van der Waals surface area contributed by atoms with Gasteiger partial charge >= 0.3 is 17.4 Å². The molecular formula is H12AlCl3O18. The maximum absolute atomic E-state index is 8.49. The smallest absolute Gasteiger partial charge is 0.412 e. The van der Waals surface area contributed by atoms with Crippen LogP contribution in [-0.4, -0.2) is 50.2 Å². The van der Waals surface area contributed by atoms with Gasteiger partial charge in [0.05, 0.1) is 0 Å². The summed E-state index contributed by atoms with van der Waals surface area (Å²) in [5.74, 6) is 0. The Morgan fingerprint density at radius 3 is 0.273 bits per heavy atom. The second-order valence-corrected chi connectivity index (χ2v) is 3.40. The number of halogens is 3. The Balaban J connectivity index is -0.0000000106. The fraction of sp³-hybridized carbons (Fsp3) is 0. The zero-order valence-electron chi connectivity index (χ0n) is 9.61. The first-order chi connectivity index (χ1) is 6.00. The van der Waals surface area contributed by atoms with Crippen molar-refractivity contribution < 1.29 is 119 Å². The molecule has 0 aliphatic carbocycles. The van der Waals surface area contributed by atoms with Crippen molar-refractivity contribution in [3.05, 3.63) is 0 Å². The van der Waals surface area contributed by atoms with E-state index in [1.165, 1.54) is 0 Å². The molecule has 0 saturated carbocycles. The van der Waals surface area contributed by atoms with E-state index in [4.69, 9.17) is 55.9 Å². The van der Waals surface area contributed by atoms with Crippen LogP contribution in [0.5, 0.6) is 0 Å². The van der Waals surface area contributed by atoms with Crippen molar-refractivity contribution in [3.63, 3.8) is 0 Å². The van der Waals surface area contributed by atoms with E-state index in [-0.39, 0.29) is 50.2 Å². The fourth-order valence-corrected chi connectivity index (χ4v) is 0. The van der Waals surface area contributed by atoms with Gasteiger partial charge in [-0.1, -0.05) is 0 Å². The first kappa shape index (κ1) is 66.3. The molecule has 0 bridgehead atoms. The van der Waals surface area contributed by atoms with Crippen molar-refractivity contribution in [2.75, 3.05) is 0 Å². The molecule has 12 N–H and O–H groups in total. The predicted octanol–water partition coefficient (Wildman–Crippen LogP) is -19.6. The van der Waals surface area contributed by atoms with Crippen LogP contribution >= 0.6 is 0 Å². The third-order valence-corrected chi connectivity index (χ3v) is 0. The quantitative estimate of drug-likeness (QED) is 0.321. The van der Waals surface area contributed by atoms with Crippen molar-refractivity contribution >= 4 is 17.4 Å². The second kappa shape index (κ2) is 26.6. The van der Waals surface area contributed by atoms with E-state index >= 15 is 0 Å². The molecule has 0 spiro atoms. The molecule has 0 aliphatic heterocycles.